The van der Waals surface area contributed by atoms with Crippen LogP contribution in [0.2, 0.25) is 0 Å². The molecule has 3 N–H and O–H groups in total. The van der Waals surface area contributed by atoms with Gasteiger partial charge in [0.25, 0.3) is 5.91 Å². The second-order valence-electron chi connectivity index (χ2n) is 3.52. The highest BCUT2D eigenvalue weighted by Gasteiger charge is 2.35. The second-order valence-corrected chi connectivity index (χ2v) is 3.52. The average Bonchev–Trinajstić information content (AvgIpc) is 2.82. The van der Waals surface area contributed by atoms with Crippen molar-refractivity contribution in [1.29, 1.82) is 0 Å². The van der Waals surface area contributed by atoms with Crippen LogP contribution in [0.15, 0.2) is 12.4 Å². The van der Waals surface area contributed by atoms with Crippen molar-refractivity contribution < 1.29 is 4.79 Å². The number of amides is 1. The number of hydrogen-bond donors (Lipinski definition) is 2. The molecule has 0 saturated heterocycles. The summed E-state index contributed by atoms with van der Waals surface area (Å²) in [5.41, 5.74) is 6.70. The first-order valence-corrected chi connectivity index (χ1v) is 4.52. The maximum atomic E-state index is 11.5. The van der Waals surface area contributed by atoms with Gasteiger partial charge in [0, 0.05) is 18.3 Å². The second kappa shape index (κ2) is 3.34. The first-order valence-electron chi connectivity index (χ1n) is 4.52. The molecule has 1 aromatic rings. The van der Waals surface area contributed by atoms with Gasteiger partial charge >= 0.3 is 0 Å². The lowest BCUT2D eigenvalue weighted by atomic mass is 10.4. The summed E-state index contributed by atoms with van der Waals surface area (Å²) >= 11 is 0. The van der Waals surface area contributed by atoms with Crippen LogP contribution in [-0.4, -0.2) is 28.0 Å². The van der Waals surface area contributed by atoms with Gasteiger partial charge in [0.05, 0.1) is 11.9 Å². The fourth-order valence-electron chi connectivity index (χ4n) is 1.13. The lowest BCUT2D eigenvalue weighted by molar-refractivity contribution is 0.0945. The first-order chi connectivity index (χ1) is 6.66. The molecule has 2 rings (SSSR count). The van der Waals surface area contributed by atoms with Crippen molar-refractivity contribution in [2.24, 2.45) is 5.73 Å². The smallest absolute Gasteiger partial charge is 0.271 e. The Morgan fingerprint density at radius 2 is 2.29 bits per heavy atom. The molecule has 1 aliphatic rings. The summed E-state index contributed by atoms with van der Waals surface area (Å²) in [5.74, 6) is -0.199. The van der Waals surface area contributed by atoms with Crippen molar-refractivity contribution in [3.8, 4) is 0 Å². The van der Waals surface area contributed by atoms with Crippen molar-refractivity contribution in [1.82, 2.24) is 15.3 Å². The van der Waals surface area contributed by atoms with E-state index in [2.05, 4.69) is 15.3 Å². The van der Waals surface area contributed by atoms with E-state index in [-0.39, 0.29) is 18.0 Å². The van der Waals surface area contributed by atoms with Gasteiger partial charge in [-0.2, -0.15) is 0 Å². The average molecular weight is 192 g/mol. The van der Waals surface area contributed by atoms with Crippen molar-refractivity contribution in [3.63, 3.8) is 0 Å². The van der Waals surface area contributed by atoms with Crippen LogP contribution in [0, 0.1) is 6.92 Å². The Hall–Kier alpha value is -1.49. The maximum absolute atomic E-state index is 11.5. The van der Waals surface area contributed by atoms with Crippen molar-refractivity contribution in [3.05, 3.63) is 23.8 Å². The predicted molar refractivity (Wildman–Crippen MR) is 50.6 cm³/mol. The fraction of sp³-hybridized carbons (Fsp3) is 0.444. The summed E-state index contributed by atoms with van der Waals surface area (Å²) in [6.45, 7) is 1.82. The molecule has 0 radical (unpaired) electrons. The van der Waals surface area contributed by atoms with Crippen molar-refractivity contribution in [2.75, 3.05) is 0 Å². The Morgan fingerprint density at radius 3 is 2.79 bits per heavy atom. The molecule has 5 heteroatoms. The number of aromatic nitrogens is 2. The number of nitrogens with zero attached hydrogens (tertiary/aromatic N) is 2. The lowest BCUT2D eigenvalue weighted by Crippen LogP contribution is -2.30. The molecule has 5 nitrogen and oxygen atoms in total. The Kier molecular flexibility index (Phi) is 2.17. The third-order valence-electron chi connectivity index (χ3n) is 2.17. The molecule has 0 aromatic carbocycles. The number of aryl methyl sites for hydroxylation is 1. The van der Waals surface area contributed by atoms with Gasteiger partial charge in [-0.05, 0) is 13.3 Å². The highest BCUT2D eigenvalue weighted by molar-refractivity contribution is 5.92. The summed E-state index contributed by atoms with van der Waals surface area (Å²) in [4.78, 5) is 19.4. The molecule has 0 aliphatic heterocycles. The number of carbonyl (C=O) groups excluding carboxylic acids is 1. The molecule has 74 valence electrons. The van der Waals surface area contributed by atoms with E-state index in [1.165, 1.54) is 6.20 Å². The molecule has 1 aromatic heterocycles. The Labute approximate surface area is 81.7 Å². The minimum Gasteiger partial charge on any atom is -0.346 e. The van der Waals surface area contributed by atoms with Crippen molar-refractivity contribution >= 4 is 5.91 Å². The number of nitrogens with two attached hydrogens (primary N) is 1. The quantitative estimate of drug-likeness (QED) is 0.669. The van der Waals surface area contributed by atoms with Gasteiger partial charge in [0.1, 0.15) is 5.69 Å². The summed E-state index contributed by atoms with van der Waals surface area (Å²) in [5, 5.41) is 2.77. The van der Waals surface area contributed by atoms with Gasteiger partial charge in [0.2, 0.25) is 0 Å². The van der Waals surface area contributed by atoms with E-state index >= 15 is 0 Å². The van der Waals surface area contributed by atoms with Gasteiger partial charge in [-0.25, -0.2) is 4.98 Å². The van der Waals surface area contributed by atoms with Gasteiger partial charge in [-0.3, -0.25) is 9.78 Å². The van der Waals surface area contributed by atoms with Crippen LogP contribution in [0.3, 0.4) is 0 Å². The molecular weight excluding hydrogens is 180 g/mol. The van der Waals surface area contributed by atoms with Crippen LogP contribution >= 0.6 is 0 Å². The van der Waals surface area contributed by atoms with E-state index in [1.807, 2.05) is 6.92 Å². The van der Waals surface area contributed by atoms with Gasteiger partial charge in [-0.15, -0.1) is 0 Å². The Bertz CT molecular complexity index is 348. The monoisotopic (exact) mass is 192 g/mol. The normalized spacial score (nSPS) is 24.4. The van der Waals surface area contributed by atoms with Crippen LogP contribution in [0.1, 0.15) is 22.6 Å². The molecule has 0 bridgehead atoms. The fourth-order valence-corrected chi connectivity index (χ4v) is 1.13. The van der Waals surface area contributed by atoms with Crippen LogP contribution < -0.4 is 11.1 Å². The SMILES string of the molecule is Cc1cnc(C(=O)NC2CC2N)cn1. The van der Waals surface area contributed by atoms with E-state index < -0.39 is 0 Å². The minimum absolute atomic E-state index is 0.109. The lowest BCUT2D eigenvalue weighted by Gasteiger charge is -2.02. The minimum atomic E-state index is -0.199. The van der Waals surface area contributed by atoms with Crippen LogP contribution in [0.4, 0.5) is 0 Å². The van der Waals surface area contributed by atoms with Gasteiger partial charge in [-0.1, -0.05) is 0 Å². The summed E-state index contributed by atoms with van der Waals surface area (Å²) in [6, 6.07) is 0.225. The Morgan fingerprint density at radius 1 is 1.57 bits per heavy atom. The molecule has 1 amide bonds. The molecule has 2 unspecified atom stereocenters. The molecule has 14 heavy (non-hydrogen) atoms. The maximum Gasteiger partial charge on any atom is 0.271 e. The zero-order chi connectivity index (χ0) is 10.1. The number of nitrogens with one attached hydrogen (secondary N) is 1. The zero-order valence-electron chi connectivity index (χ0n) is 7.90. The van der Waals surface area contributed by atoms with E-state index in [4.69, 9.17) is 5.73 Å². The molecule has 1 saturated carbocycles. The summed E-state index contributed by atoms with van der Waals surface area (Å²) in [7, 11) is 0. The standard InChI is InChI=1S/C9H12N4O/c1-5-3-12-8(4-11-5)9(14)13-7-2-6(7)10/h3-4,6-7H,2,10H2,1H3,(H,13,14). The highest BCUT2D eigenvalue weighted by atomic mass is 16.2. The third-order valence-corrected chi connectivity index (χ3v) is 2.17. The zero-order valence-corrected chi connectivity index (χ0v) is 7.90. The van der Waals surface area contributed by atoms with Crippen LogP contribution in [0.25, 0.3) is 0 Å². The number of carbonyl (C=O) groups is 1. The highest BCUT2D eigenvalue weighted by Crippen LogP contribution is 2.17. The topological polar surface area (TPSA) is 80.9 Å². The number of hydrogen-bond acceptors (Lipinski definition) is 4. The van der Waals surface area contributed by atoms with Crippen LogP contribution in [0.5, 0.6) is 0 Å². The molecule has 1 heterocycles. The largest absolute Gasteiger partial charge is 0.346 e. The van der Waals surface area contributed by atoms with E-state index in [0.717, 1.165) is 12.1 Å². The molecular formula is C9H12N4O. The number of rotatable bonds is 2. The summed E-state index contributed by atoms with van der Waals surface area (Å²) in [6.07, 6.45) is 3.89. The van der Waals surface area contributed by atoms with E-state index in [1.54, 1.807) is 6.20 Å². The molecule has 0 spiro atoms. The third kappa shape index (κ3) is 1.88. The van der Waals surface area contributed by atoms with Crippen molar-refractivity contribution in [2.45, 2.75) is 25.4 Å². The van der Waals surface area contributed by atoms with E-state index in [0.29, 0.717) is 5.69 Å². The van der Waals surface area contributed by atoms with Gasteiger partial charge < -0.3 is 11.1 Å². The van der Waals surface area contributed by atoms with Gasteiger partial charge in [0.15, 0.2) is 0 Å². The molecule has 1 aliphatic carbocycles. The van der Waals surface area contributed by atoms with E-state index in [9.17, 15) is 4.79 Å². The van der Waals surface area contributed by atoms with Crippen LogP contribution in [-0.2, 0) is 0 Å². The summed E-state index contributed by atoms with van der Waals surface area (Å²) < 4.78 is 0. The predicted octanol–water partition coefficient (Wildman–Crippen LogP) is -0.386. The first kappa shape index (κ1) is 9.08. The molecule has 1 fully saturated rings. The molecule has 2 atom stereocenters. The Balaban J connectivity index is 2.00.